The van der Waals surface area contributed by atoms with E-state index in [4.69, 9.17) is 0 Å². The second-order valence-corrected chi connectivity index (χ2v) is 5.10. The van der Waals surface area contributed by atoms with E-state index in [9.17, 15) is 19.2 Å². The summed E-state index contributed by atoms with van der Waals surface area (Å²) in [6.45, 7) is -0.457. The number of hydrogen-bond acceptors (Lipinski definition) is 5. The zero-order valence-electron chi connectivity index (χ0n) is 12.9. The Kier molecular flexibility index (Phi) is 4.38. The fraction of sp³-hybridized carbons (Fsp3) is 0.0625. The maximum atomic E-state index is 12.3. The first-order valence-electron chi connectivity index (χ1n) is 7.28. The summed E-state index contributed by atoms with van der Waals surface area (Å²) in [7, 11) is 0. The number of H-pyrrole nitrogens is 1. The summed E-state index contributed by atoms with van der Waals surface area (Å²) < 4.78 is 0.882. The van der Waals surface area contributed by atoms with E-state index in [1.165, 1.54) is 24.4 Å². The maximum absolute atomic E-state index is 12.3. The van der Waals surface area contributed by atoms with Crippen molar-refractivity contribution in [3.05, 3.63) is 75.1 Å². The van der Waals surface area contributed by atoms with Crippen LogP contribution in [0.3, 0.4) is 0 Å². The van der Waals surface area contributed by atoms with E-state index in [-0.39, 0.29) is 16.5 Å². The molecule has 1 aromatic carbocycles. The number of pyridine rings is 1. The Labute approximate surface area is 140 Å². The SMILES string of the molecule is O=C(Cn1[nH]c(=O)c2ccccc2c1=O)NNC(=O)c1ccccn1. The molecule has 0 aliphatic heterocycles. The molecule has 2 amide bonds. The third-order valence-electron chi connectivity index (χ3n) is 3.40. The predicted octanol–water partition coefficient (Wildman–Crippen LogP) is -0.454. The van der Waals surface area contributed by atoms with Gasteiger partial charge in [0, 0.05) is 6.20 Å². The molecule has 0 spiro atoms. The van der Waals surface area contributed by atoms with Crippen LogP contribution in [0.25, 0.3) is 10.8 Å². The van der Waals surface area contributed by atoms with Crippen LogP contribution >= 0.6 is 0 Å². The van der Waals surface area contributed by atoms with Crippen LogP contribution < -0.4 is 22.0 Å². The van der Waals surface area contributed by atoms with E-state index in [1.807, 2.05) is 0 Å². The van der Waals surface area contributed by atoms with Gasteiger partial charge in [-0.3, -0.25) is 40.1 Å². The molecule has 0 aliphatic rings. The fourth-order valence-electron chi connectivity index (χ4n) is 2.23. The van der Waals surface area contributed by atoms with Crippen LogP contribution in [0.5, 0.6) is 0 Å². The number of fused-ring (bicyclic) bond motifs is 1. The van der Waals surface area contributed by atoms with Gasteiger partial charge in [0.25, 0.3) is 22.9 Å². The Bertz CT molecular complexity index is 1060. The van der Waals surface area contributed by atoms with Crippen molar-refractivity contribution < 1.29 is 9.59 Å². The second kappa shape index (κ2) is 6.79. The molecule has 0 unspecified atom stereocenters. The molecule has 0 saturated heterocycles. The number of hydrogen-bond donors (Lipinski definition) is 3. The number of amides is 2. The molecule has 9 nitrogen and oxygen atoms in total. The molecule has 2 heterocycles. The van der Waals surface area contributed by atoms with Gasteiger partial charge in [0.1, 0.15) is 12.2 Å². The first kappa shape index (κ1) is 16.1. The molecule has 3 rings (SSSR count). The smallest absolute Gasteiger partial charge is 0.271 e. The summed E-state index contributed by atoms with van der Waals surface area (Å²) in [6, 6.07) is 11.0. The summed E-state index contributed by atoms with van der Waals surface area (Å²) >= 11 is 0. The number of hydrazine groups is 1. The number of benzene rings is 1. The minimum absolute atomic E-state index is 0.124. The zero-order valence-corrected chi connectivity index (χ0v) is 12.9. The van der Waals surface area contributed by atoms with Crippen LogP contribution in [0.1, 0.15) is 10.5 Å². The van der Waals surface area contributed by atoms with Gasteiger partial charge in [0.05, 0.1) is 10.8 Å². The molecule has 0 atom stereocenters. The lowest BCUT2D eigenvalue weighted by Gasteiger charge is -2.09. The van der Waals surface area contributed by atoms with Gasteiger partial charge in [0.2, 0.25) is 0 Å². The third-order valence-corrected chi connectivity index (χ3v) is 3.40. The van der Waals surface area contributed by atoms with Gasteiger partial charge in [-0.15, -0.1) is 0 Å². The average molecular weight is 339 g/mol. The minimum atomic E-state index is -0.683. The second-order valence-electron chi connectivity index (χ2n) is 5.10. The molecular formula is C16H13N5O4. The lowest BCUT2D eigenvalue weighted by atomic mass is 10.2. The Morgan fingerprint density at radius 1 is 1.00 bits per heavy atom. The predicted molar refractivity (Wildman–Crippen MR) is 88.7 cm³/mol. The lowest BCUT2D eigenvalue weighted by molar-refractivity contribution is -0.122. The molecule has 0 fully saturated rings. The average Bonchev–Trinajstić information content (AvgIpc) is 2.64. The lowest BCUT2D eigenvalue weighted by Crippen LogP contribution is -2.45. The number of nitrogens with zero attached hydrogens (tertiary/aromatic N) is 2. The molecule has 3 aromatic rings. The first-order chi connectivity index (χ1) is 12.1. The monoisotopic (exact) mass is 339 g/mol. The molecular weight excluding hydrogens is 326 g/mol. The first-order valence-corrected chi connectivity index (χ1v) is 7.28. The van der Waals surface area contributed by atoms with Crippen molar-refractivity contribution in [2.24, 2.45) is 0 Å². The van der Waals surface area contributed by atoms with Crippen LogP contribution in [0.2, 0.25) is 0 Å². The summed E-state index contributed by atoms with van der Waals surface area (Å²) in [6.07, 6.45) is 1.44. The molecule has 0 bridgehead atoms. The zero-order chi connectivity index (χ0) is 17.8. The van der Waals surface area contributed by atoms with E-state index in [0.29, 0.717) is 0 Å². The number of rotatable bonds is 3. The van der Waals surface area contributed by atoms with Crippen molar-refractivity contribution in [2.75, 3.05) is 0 Å². The molecule has 25 heavy (non-hydrogen) atoms. The maximum Gasteiger partial charge on any atom is 0.288 e. The van der Waals surface area contributed by atoms with Crippen LogP contribution in [0.4, 0.5) is 0 Å². The van der Waals surface area contributed by atoms with Gasteiger partial charge in [-0.05, 0) is 24.3 Å². The van der Waals surface area contributed by atoms with Crippen molar-refractivity contribution in [1.82, 2.24) is 25.6 Å². The Morgan fingerprint density at radius 3 is 2.44 bits per heavy atom. The number of aromatic amines is 1. The summed E-state index contributed by atoms with van der Waals surface area (Å²) in [5.74, 6) is -1.29. The molecule has 0 saturated carbocycles. The minimum Gasteiger partial charge on any atom is -0.271 e. The van der Waals surface area contributed by atoms with Crippen LogP contribution in [0, 0.1) is 0 Å². The number of nitrogens with one attached hydrogen (secondary N) is 3. The van der Waals surface area contributed by atoms with Crippen molar-refractivity contribution in [3.8, 4) is 0 Å². The van der Waals surface area contributed by atoms with Crippen molar-refractivity contribution in [1.29, 1.82) is 0 Å². The molecule has 2 aromatic heterocycles. The quantitative estimate of drug-likeness (QED) is 0.557. The normalized spacial score (nSPS) is 10.4. The van der Waals surface area contributed by atoms with Gasteiger partial charge < -0.3 is 0 Å². The Hall–Kier alpha value is -3.75. The van der Waals surface area contributed by atoms with Gasteiger partial charge in [0.15, 0.2) is 0 Å². The molecule has 9 heteroatoms. The Morgan fingerprint density at radius 2 is 1.72 bits per heavy atom. The number of aromatic nitrogens is 3. The molecule has 0 aliphatic carbocycles. The highest BCUT2D eigenvalue weighted by atomic mass is 16.2. The molecule has 3 N–H and O–H groups in total. The van der Waals surface area contributed by atoms with Gasteiger partial charge in [-0.2, -0.15) is 0 Å². The summed E-state index contributed by atoms with van der Waals surface area (Å²) in [4.78, 5) is 51.8. The summed E-state index contributed by atoms with van der Waals surface area (Å²) in [5.41, 5.74) is 3.47. The van der Waals surface area contributed by atoms with Gasteiger partial charge >= 0.3 is 0 Å². The molecule has 126 valence electrons. The fourth-order valence-corrected chi connectivity index (χ4v) is 2.23. The summed E-state index contributed by atoms with van der Waals surface area (Å²) in [5, 5.41) is 2.78. The van der Waals surface area contributed by atoms with Crippen molar-refractivity contribution in [2.45, 2.75) is 6.54 Å². The Balaban J connectivity index is 1.72. The highest BCUT2D eigenvalue weighted by Gasteiger charge is 2.11. The van der Waals surface area contributed by atoms with E-state index in [1.54, 1.807) is 24.3 Å². The van der Waals surface area contributed by atoms with E-state index < -0.39 is 29.5 Å². The van der Waals surface area contributed by atoms with E-state index in [2.05, 4.69) is 20.9 Å². The van der Waals surface area contributed by atoms with Gasteiger partial charge in [-0.25, -0.2) is 4.68 Å². The van der Waals surface area contributed by atoms with E-state index in [0.717, 1.165) is 4.68 Å². The largest absolute Gasteiger partial charge is 0.288 e. The number of carbonyl (C=O) groups excluding carboxylic acids is 2. The standard InChI is InChI=1S/C16H13N5O4/c22-13(18-19-15(24)12-7-3-4-8-17-12)9-21-16(25)11-6-2-1-5-10(11)14(23)20-21/h1-8H,9H2,(H,18,22)(H,19,24)(H,20,23). The number of carbonyl (C=O) groups is 2. The highest BCUT2D eigenvalue weighted by Crippen LogP contribution is 2.02. The van der Waals surface area contributed by atoms with Crippen LogP contribution in [-0.4, -0.2) is 26.6 Å². The van der Waals surface area contributed by atoms with Gasteiger partial charge in [-0.1, -0.05) is 18.2 Å². The molecule has 0 radical (unpaired) electrons. The van der Waals surface area contributed by atoms with Crippen LogP contribution in [0.15, 0.2) is 58.3 Å². The van der Waals surface area contributed by atoms with Crippen molar-refractivity contribution in [3.63, 3.8) is 0 Å². The van der Waals surface area contributed by atoms with E-state index >= 15 is 0 Å². The topological polar surface area (TPSA) is 126 Å². The van der Waals surface area contributed by atoms with Crippen molar-refractivity contribution >= 4 is 22.6 Å². The highest BCUT2D eigenvalue weighted by molar-refractivity contribution is 5.93. The third kappa shape index (κ3) is 3.44. The van der Waals surface area contributed by atoms with Crippen LogP contribution in [-0.2, 0) is 11.3 Å².